The number of halogens is 2. The lowest BCUT2D eigenvalue weighted by Gasteiger charge is -2.11. The smallest absolute Gasteiger partial charge is 0.336 e. The first-order chi connectivity index (χ1) is 12.5. The summed E-state index contributed by atoms with van der Waals surface area (Å²) in [6.45, 7) is 2.29. The summed E-state index contributed by atoms with van der Waals surface area (Å²) in [5, 5.41) is 13.9. The SMILES string of the molecule is CCc1cc2c(CNc3ccc(SC(F)F)cc3)cc(=O)oc2cc1O. The standard InChI is InChI=1S/C19H17F2NO3S/c1-2-11-7-15-12(8-18(24)25-17(15)9-16(11)23)10-22-13-3-5-14(6-4-13)26-19(20)21/h3-9,19,22-23H,2,10H2,1H3. The molecule has 2 N–H and O–H groups in total. The number of fused-ring (bicyclic) bond motifs is 1. The van der Waals surface area contributed by atoms with Gasteiger partial charge in [0.1, 0.15) is 11.3 Å². The third-order valence-electron chi connectivity index (χ3n) is 3.97. The molecule has 0 atom stereocenters. The van der Waals surface area contributed by atoms with Gasteiger partial charge in [0.25, 0.3) is 5.76 Å². The van der Waals surface area contributed by atoms with Crippen molar-refractivity contribution in [3.63, 3.8) is 0 Å². The van der Waals surface area contributed by atoms with E-state index in [2.05, 4.69) is 5.32 Å². The fraction of sp³-hybridized carbons (Fsp3) is 0.211. The third-order valence-corrected chi connectivity index (χ3v) is 4.70. The number of nitrogens with one attached hydrogen (secondary N) is 1. The number of alkyl halides is 2. The molecule has 0 saturated carbocycles. The fourth-order valence-corrected chi connectivity index (χ4v) is 3.19. The van der Waals surface area contributed by atoms with E-state index >= 15 is 0 Å². The van der Waals surface area contributed by atoms with Gasteiger partial charge >= 0.3 is 5.63 Å². The zero-order chi connectivity index (χ0) is 18.7. The van der Waals surface area contributed by atoms with Crippen LogP contribution < -0.4 is 10.9 Å². The van der Waals surface area contributed by atoms with Gasteiger partial charge in [-0.3, -0.25) is 0 Å². The molecule has 1 heterocycles. The van der Waals surface area contributed by atoms with Crippen molar-refractivity contribution in [3.8, 4) is 5.75 Å². The fourth-order valence-electron chi connectivity index (χ4n) is 2.69. The van der Waals surface area contributed by atoms with Crippen LogP contribution in [0.25, 0.3) is 11.0 Å². The maximum Gasteiger partial charge on any atom is 0.336 e. The summed E-state index contributed by atoms with van der Waals surface area (Å²) in [7, 11) is 0. The first-order valence-electron chi connectivity index (χ1n) is 8.03. The number of rotatable bonds is 6. The van der Waals surface area contributed by atoms with Crippen LogP contribution in [0.5, 0.6) is 5.75 Å². The van der Waals surface area contributed by atoms with Crippen LogP contribution in [-0.2, 0) is 13.0 Å². The molecule has 0 fully saturated rings. The third kappa shape index (κ3) is 4.16. The second kappa shape index (κ2) is 7.78. The summed E-state index contributed by atoms with van der Waals surface area (Å²) in [5.74, 6) is -2.35. The summed E-state index contributed by atoms with van der Waals surface area (Å²) >= 11 is 0.492. The molecule has 0 radical (unpaired) electrons. The minimum absolute atomic E-state index is 0.0976. The Morgan fingerprint density at radius 2 is 1.88 bits per heavy atom. The van der Waals surface area contributed by atoms with Gasteiger partial charge in [-0.1, -0.05) is 18.7 Å². The second-order valence-corrected chi connectivity index (χ2v) is 6.74. The molecule has 0 spiro atoms. The molecular weight excluding hydrogens is 360 g/mol. The lowest BCUT2D eigenvalue weighted by atomic mass is 10.0. The minimum atomic E-state index is -2.45. The zero-order valence-corrected chi connectivity index (χ0v) is 14.8. The van der Waals surface area contributed by atoms with Crippen LogP contribution in [0.1, 0.15) is 18.1 Å². The van der Waals surface area contributed by atoms with E-state index in [-0.39, 0.29) is 5.75 Å². The van der Waals surface area contributed by atoms with Crippen molar-refractivity contribution in [2.24, 2.45) is 0 Å². The Kier molecular flexibility index (Phi) is 5.46. The van der Waals surface area contributed by atoms with Crippen LogP contribution in [0, 0.1) is 0 Å². The highest BCUT2D eigenvalue weighted by Crippen LogP contribution is 2.28. The van der Waals surface area contributed by atoms with E-state index in [1.165, 1.54) is 12.1 Å². The normalized spacial score (nSPS) is 11.2. The van der Waals surface area contributed by atoms with Crippen LogP contribution in [0.4, 0.5) is 14.5 Å². The highest BCUT2D eigenvalue weighted by molar-refractivity contribution is 7.99. The van der Waals surface area contributed by atoms with Gasteiger partial charge < -0.3 is 14.8 Å². The van der Waals surface area contributed by atoms with E-state index in [1.54, 1.807) is 24.3 Å². The largest absolute Gasteiger partial charge is 0.508 e. The van der Waals surface area contributed by atoms with Gasteiger partial charge in [-0.05, 0) is 47.9 Å². The number of thioether (sulfide) groups is 1. The molecule has 3 rings (SSSR count). The average Bonchev–Trinajstić information content (AvgIpc) is 2.59. The van der Waals surface area contributed by atoms with E-state index in [9.17, 15) is 18.7 Å². The Morgan fingerprint density at radius 3 is 2.54 bits per heavy atom. The topological polar surface area (TPSA) is 62.5 Å². The molecule has 0 aliphatic rings. The molecule has 136 valence electrons. The Hall–Kier alpha value is -2.54. The monoisotopic (exact) mass is 377 g/mol. The van der Waals surface area contributed by atoms with Gasteiger partial charge in [-0.2, -0.15) is 8.78 Å². The maximum absolute atomic E-state index is 12.4. The van der Waals surface area contributed by atoms with Crippen LogP contribution in [0.3, 0.4) is 0 Å². The minimum Gasteiger partial charge on any atom is -0.508 e. The van der Waals surface area contributed by atoms with Gasteiger partial charge in [-0.25, -0.2) is 4.79 Å². The highest BCUT2D eigenvalue weighted by Gasteiger charge is 2.10. The molecule has 0 aliphatic heterocycles. The van der Waals surface area contributed by atoms with Gasteiger partial charge in [0.2, 0.25) is 0 Å². The van der Waals surface area contributed by atoms with E-state index in [1.807, 2.05) is 13.0 Å². The molecule has 26 heavy (non-hydrogen) atoms. The number of hydrogen-bond acceptors (Lipinski definition) is 5. The number of aromatic hydroxyl groups is 1. The molecule has 2 aromatic carbocycles. The van der Waals surface area contributed by atoms with Gasteiger partial charge in [-0.15, -0.1) is 0 Å². The number of anilines is 1. The summed E-state index contributed by atoms with van der Waals surface area (Å²) in [6, 6.07) is 11.3. The lowest BCUT2D eigenvalue weighted by Crippen LogP contribution is -2.06. The molecule has 3 aromatic rings. The summed E-state index contributed by atoms with van der Waals surface area (Å²) in [6.07, 6.45) is 0.650. The predicted octanol–water partition coefficient (Wildman–Crippen LogP) is 4.99. The number of aryl methyl sites for hydroxylation is 1. The molecule has 1 aromatic heterocycles. The van der Waals surface area contributed by atoms with Crippen molar-refractivity contribution in [3.05, 3.63) is 64.0 Å². The van der Waals surface area contributed by atoms with Gasteiger partial charge in [0.15, 0.2) is 0 Å². The van der Waals surface area contributed by atoms with Crippen LogP contribution >= 0.6 is 11.8 Å². The molecular formula is C19H17F2NO3S. The summed E-state index contributed by atoms with van der Waals surface area (Å²) in [4.78, 5) is 12.3. The Bertz CT molecular complexity index is 971. The maximum atomic E-state index is 12.4. The van der Waals surface area contributed by atoms with E-state index < -0.39 is 11.4 Å². The van der Waals surface area contributed by atoms with E-state index in [0.717, 1.165) is 22.2 Å². The summed E-state index contributed by atoms with van der Waals surface area (Å²) < 4.78 is 29.9. The lowest BCUT2D eigenvalue weighted by molar-refractivity contribution is 0.252. The molecule has 0 unspecified atom stereocenters. The van der Waals surface area contributed by atoms with Crippen LogP contribution in [-0.4, -0.2) is 10.9 Å². The highest BCUT2D eigenvalue weighted by atomic mass is 32.2. The first kappa shape index (κ1) is 18.3. The van der Waals surface area contributed by atoms with Crippen LogP contribution in [0.15, 0.2) is 56.6 Å². The van der Waals surface area contributed by atoms with Crippen molar-refractivity contribution in [1.82, 2.24) is 0 Å². The number of phenols is 1. The quantitative estimate of drug-likeness (QED) is 0.468. The van der Waals surface area contributed by atoms with Crippen molar-refractivity contribution in [2.75, 3.05) is 5.32 Å². The van der Waals surface area contributed by atoms with Crippen molar-refractivity contribution in [2.45, 2.75) is 30.5 Å². The molecule has 0 amide bonds. The predicted molar refractivity (Wildman–Crippen MR) is 99.2 cm³/mol. The van der Waals surface area contributed by atoms with Crippen LogP contribution in [0.2, 0.25) is 0 Å². The first-order valence-corrected chi connectivity index (χ1v) is 8.91. The van der Waals surface area contributed by atoms with Crippen molar-refractivity contribution < 1.29 is 18.3 Å². The van der Waals surface area contributed by atoms with Gasteiger partial charge in [0.05, 0.1) is 0 Å². The molecule has 0 aliphatic carbocycles. The molecule has 7 heteroatoms. The molecule has 0 bridgehead atoms. The van der Waals surface area contributed by atoms with Gasteiger partial charge in [0, 0.05) is 34.6 Å². The molecule has 4 nitrogen and oxygen atoms in total. The Balaban J connectivity index is 1.85. The number of benzene rings is 2. The second-order valence-electron chi connectivity index (χ2n) is 5.68. The molecule has 0 saturated heterocycles. The average molecular weight is 377 g/mol. The zero-order valence-electron chi connectivity index (χ0n) is 14.0. The number of phenolic OH excluding ortho intramolecular Hbond substituents is 1. The Morgan fingerprint density at radius 1 is 1.15 bits per heavy atom. The number of hydrogen-bond donors (Lipinski definition) is 2. The Labute approximate surface area is 152 Å². The summed E-state index contributed by atoms with van der Waals surface area (Å²) in [5.41, 5.74) is 2.08. The van der Waals surface area contributed by atoms with Crippen molar-refractivity contribution >= 4 is 28.4 Å². The van der Waals surface area contributed by atoms with Crippen molar-refractivity contribution in [1.29, 1.82) is 0 Å². The van der Waals surface area contributed by atoms with E-state index in [0.29, 0.717) is 35.2 Å². The van der Waals surface area contributed by atoms with E-state index in [4.69, 9.17) is 4.42 Å².